The third-order valence-corrected chi connectivity index (χ3v) is 3.97. The van der Waals surface area contributed by atoms with Crippen LogP contribution in [0.15, 0.2) is 36.8 Å². The lowest BCUT2D eigenvalue weighted by molar-refractivity contribution is 0.130. The zero-order valence-electron chi connectivity index (χ0n) is 11.5. The Hall–Kier alpha value is -1.94. The third kappa shape index (κ3) is 2.27. The van der Waals surface area contributed by atoms with Gasteiger partial charge in [0.1, 0.15) is 5.75 Å². The van der Waals surface area contributed by atoms with Gasteiger partial charge in [-0.25, -0.2) is 0 Å². The molecule has 4 heteroatoms. The average Bonchev–Trinajstić information content (AvgIpc) is 2.53. The lowest BCUT2D eigenvalue weighted by Crippen LogP contribution is -2.19. The number of fused-ring (bicyclic) bond motifs is 1. The summed E-state index contributed by atoms with van der Waals surface area (Å²) >= 11 is 0. The molecule has 1 aliphatic rings. The van der Waals surface area contributed by atoms with Crippen molar-refractivity contribution in [3.05, 3.63) is 53.6 Å². The van der Waals surface area contributed by atoms with Crippen LogP contribution >= 0.6 is 0 Å². The minimum absolute atomic E-state index is 0.0243. The van der Waals surface area contributed by atoms with E-state index in [0.717, 1.165) is 30.5 Å². The van der Waals surface area contributed by atoms with Crippen LogP contribution in [0.4, 0.5) is 0 Å². The van der Waals surface area contributed by atoms with E-state index in [9.17, 15) is 5.11 Å². The summed E-state index contributed by atoms with van der Waals surface area (Å²) in [5, 5.41) is 10.8. The van der Waals surface area contributed by atoms with Crippen LogP contribution in [0.1, 0.15) is 41.7 Å². The molecule has 2 unspecified atom stereocenters. The lowest BCUT2D eigenvalue weighted by Gasteiger charge is -2.29. The van der Waals surface area contributed by atoms with E-state index in [-0.39, 0.29) is 5.92 Å². The molecule has 2 heterocycles. The van der Waals surface area contributed by atoms with E-state index in [4.69, 9.17) is 4.74 Å². The average molecular weight is 270 g/mol. The zero-order valence-corrected chi connectivity index (χ0v) is 11.5. The summed E-state index contributed by atoms with van der Waals surface area (Å²) in [6, 6.07) is 5.88. The molecule has 2 aromatic heterocycles. The predicted molar refractivity (Wildman–Crippen MR) is 75.7 cm³/mol. The first-order valence-corrected chi connectivity index (χ1v) is 6.91. The first kappa shape index (κ1) is 13.1. The lowest BCUT2D eigenvalue weighted by atomic mass is 9.81. The van der Waals surface area contributed by atoms with Crippen LogP contribution in [0.2, 0.25) is 0 Å². The van der Waals surface area contributed by atoms with Gasteiger partial charge in [0.25, 0.3) is 0 Å². The van der Waals surface area contributed by atoms with E-state index in [1.165, 1.54) is 5.56 Å². The normalized spacial score (nSPS) is 19.2. The van der Waals surface area contributed by atoms with Crippen molar-refractivity contribution in [2.45, 2.75) is 31.3 Å². The molecule has 0 radical (unpaired) electrons. The maximum absolute atomic E-state index is 10.8. The second-order valence-electron chi connectivity index (χ2n) is 5.11. The topological polar surface area (TPSA) is 55.2 Å². The molecule has 4 nitrogen and oxygen atoms in total. The monoisotopic (exact) mass is 270 g/mol. The second kappa shape index (κ2) is 5.59. The largest absolute Gasteiger partial charge is 0.495 e. The number of nitrogens with zero attached hydrogens (tertiary/aromatic N) is 2. The Balaban J connectivity index is 1.97. The predicted octanol–water partition coefficient (Wildman–Crippen LogP) is 2.64. The summed E-state index contributed by atoms with van der Waals surface area (Å²) in [6.45, 7) is 0. The van der Waals surface area contributed by atoms with Crippen LogP contribution in [-0.2, 0) is 6.42 Å². The molecule has 2 atom stereocenters. The maximum atomic E-state index is 10.8. The first-order chi connectivity index (χ1) is 9.81. The van der Waals surface area contributed by atoms with Gasteiger partial charge in [0.2, 0.25) is 0 Å². The van der Waals surface area contributed by atoms with Gasteiger partial charge in [-0.2, -0.15) is 0 Å². The molecular formula is C16H18N2O2. The Morgan fingerprint density at radius 3 is 3.10 bits per heavy atom. The Morgan fingerprint density at radius 2 is 2.25 bits per heavy atom. The molecular weight excluding hydrogens is 252 g/mol. The Bertz CT molecular complexity index is 601. The van der Waals surface area contributed by atoms with Gasteiger partial charge in [0.15, 0.2) is 0 Å². The number of hydrogen-bond acceptors (Lipinski definition) is 4. The summed E-state index contributed by atoms with van der Waals surface area (Å²) in [5.41, 5.74) is 3.05. The SMILES string of the molecule is COc1cnccc1C(O)C1CCCc2cccnc21. The van der Waals surface area contributed by atoms with Crippen molar-refractivity contribution in [1.29, 1.82) is 0 Å². The van der Waals surface area contributed by atoms with Gasteiger partial charge >= 0.3 is 0 Å². The zero-order chi connectivity index (χ0) is 13.9. The van der Waals surface area contributed by atoms with E-state index in [1.807, 2.05) is 12.1 Å². The fourth-order valence-electron chi connectivity index (χ4n) is 2.98. The van der Waals surface area contributed by atoms with Gasteiger partial charge in [0.05, 0.1) is 19.4 Å². The molecule has 0 aliphatic heterocycles. The second-order valence-corrected chi connectivity index (χ2v) is 5.11. The van der Waals surface area contributed by atoms with E-state index in [2.05, 4.69) is 16.0 Å². The van der Waals surface area contributed by atoms with Crippen molar-refractivity contribution < 1.29 is 9.84 Å². The number of aromatic nitrogens is 2. The summed E-state index contributed by atoms with van der Waals surface area (Å²) in [5.74, 6) is 0.652. The number of aliphatic hydroxyl groups excluding tert-OH is 1. The van der Waals surface area contributed by atoms with Crippen LogP contribution in [0, 0.1) is 0 Å². The van der Waals surface area contributed by atoms with E-state index >= 15 is 0 Å². The number of hydrogen-bond donors (Lipinski definition) is 1. The van der Waals surface area contributed by atoms with E-state index in [0.29, 0.717) is 5.75 Å². The van der Waals surface area contributed by atoms with Gasteiger partial charge in [-0.1, -0.05) is 6.07 Å². The van der Waals surface area contributed by atoms with Crippen molar-refractivity contribution >= 4 is 0 Å². The molecule has 0 fully saturated rings. The van der Waals surface area contributed by atoms with Crippen LogP contribution in [0.5, 0.6) is 5.75 Å². The van der Waals surface area contributed by atoms with Gasteiger partial charge in [-0.05, 0) is 37.0 Å². The highest BCUT2D eigenvalue weighted by molar-refractivity contribution is 5.36. The van der Waals surface area contributed by atoms with Gasteiger partial charge in [0, 0.05) is 29.6 Å². The summed E-state index contributed by atoms with van der Waals surface area (Å²) < 4.78 is 5.30. The van der Waals surface area contributed by atoms with Crippen molar-refractivity contribution in [3.63, 3.8) is 0 Å². The summed E-state index contributed by atoms with van der Waals surface area (Å²) in [7, 11) is 1.60. The highest BCUT2D eigenvalue weighted by atomic mass is 16.5. The van der Waals surface area contributed by atoms with E-state index < -0.39 is 6.10 Å². The third-order valence-electron chi connectivity index (χ3n) is 3.97. The number of aryl methyl sites for hydroxylation is 1. The molecule has 3 rings (SSSR count). The van der Waals surface area contributed by atoms with E-state index in [1.54, 1.807) is 25.7 Å². The minimum Gasteiger partial charge on any atom is -0.495 e. The van der Waals surface area contributed by atoms with Gasteiger partial charge in [-0.3, -0.25) is 9.97 Å². The van der Waals surface area contributed by atoms with Crippen molar-refractivity contribution in [2.24, 2.45) is 0 Å². The number of pyridine rings is 2. The fourth-order valence-corrected chi connectivity index (χ4v) is 2.98. The maximum Gasteiger partial charge on any atom is 0.142 e. The van der Waals surface area contributed by atoms with Crippen LogP contribution in [0.25, 0.3) is 0 Å². The highest BCUT2D eigenvalue weighted by Crippen LogP contribution is 2.41. The number of rotatable bonds is 3. The van der Waals surface area contributed by atoms with Crippen LogP contribution < -0.4 is 4.74 Å². The smallest absolute Gasteiger partial charge is 0.142 e. The highest BCUT2D eigenvalue weighted by Gasteiger charge is 2.30. The number of aliphatic hydroxyl groups is 1. The molecule has 20 heavy (non-hydrogen) atoms. The number of ether oxygens (including phenoxy) is 1. The first-order valence-electron chi connectivity index (χ1n) is 6.91. The fraction of sp³-hybridized carbons (Fsp3) is 0.375. The summed E-state index contributed by atoms with van der Waals surface area (Å²) in [4.78, 5) is 8.52. The molecule has 0 bridgehead atoms. The molecule has 2 aromatic rings. The van der Waals surface area contributed by atoms with Crippen molar-refractivity contribution in [3.8, 4) is 5.75 Å². The molecule has 104 valence electrons. The molecule has 0 saturated carbocycles. The molecule has 0 amide bonds. The quantitative estimate of drug-likeness (QED) is 0.931. The van der Waals surface area contributed by atoms with Gasteiger partial charge < -0.3 is 9.84 Å². The molecule has 0 saturated heterocycles. The van der Waals surface area contributed by atoms with Crippen LogP contribution in [0.3, 0.4) is 0 Å². The summed E-state index contributed by atoms with van der Waals surface area (Å²) in [6.07, 6.45) is 7.57. The molecule has 1 N–H and O–H groups in total. The molecule has 0 aromatic carbocycles. The molecule has 0 spiro atoms. The van der Waals surface area contributed by atoms with Crippen molar-refractivity contribution in [1.82, 2.24) is 9.97 Å². The Morgan fingerprint density at radius 1 is 1.35 bits per heavy atom. The standard InChI is InChI=1S/C16H18N2O2/c1-20-14-10-17-9-7-12(14)16(19)13-6-2-4-11-5-3-8-18-15(11)13/h3,5,7-10,13,16,19H,2,4,6H2,1H3. The number of methoxy groups -OCH3 is 1. The Labute approximate surface area is 118 Å². The van der Waals surface area contributed by atoms with Crippen molar-refractivity contribution in [2.75, 3.05) is 7.11 Å². The van der Waals surface area contributed by atoms with Crippen LogP contribution in [-0.4, -0.2) is 22.2 Å². The molecule has 1 aliphatic carbocycles. The van der Waals surface area contributed by atoms with Gasteiger partial charge in [-0.15, -0.1) is 0 Å². The Kier molecular flexibility index (Phi) is 3.65. The minimum atomic E-state index is -0.609.